The first-order valence-electron chi connectivity index (χ1n) is 9.46. The minimum Gasteiger partial charge on any atom is -0.356 e. The van der Waals surface area contributed by atoms with Crippen LogP contribution in [0.5, 0.6) is 0 Å². The number of fused-ring (bicyclic) bond motifs is 1. The number of nitrogens with zero attached hydrogens (tertiary/aromatic N) is 3. The van der Waals surface area contributed by atoms with E-state index in [0.717, 1.165) is 57.7 Å². The molecule has 4 rings (SSSR count). The Kier molecular flexibility index (Phi) is 5.38. The number of amides is 1. The molecular weight excluding hydrogens is 436 g/mol. The molecule has 3 heterocycles. The van der Waals surface area contributed by atoms with E-state index in [1.54, 1.807) is 17.7 Å². The summed E-state index contributed by atoms with van der Waals surface area (Å²) in [6.45, 7) is 7.96. The third kappa shape index (κ3) is 3.65. The Hall–Kier alpha value is -1.99. The smallest absolute Gasteiger partial charge is 0.227 e. The normalized spacial score (nSPS) is 15.2. The van der Waals surface area contributed by atoms with E-state index in [4.69, 9.17) is 0 Å². The van der Waals surface area contributed by atoms with E-state index in [1.807, 2.05) is 25.1 Å². The van der Waals surface area contributed by atoms with Crippen LogP contribution in [0.15, 0.2) is 29.0 Å². The Balaban J connectivity index is 1.46. The molecule has 146 valence electrons. The van der Waals surface area contributed by atoms with Gasteiger partial charge in [0.2, 0.25) is 5.91 Å². The highest BCUT2D eigenvalue weighted by atomic mass is 79.9. The first kappa shape index (κ1) is 19.3. The summed E-state index contributed by atoms with van der Waals surface area (Å²) < 4.78 is 0.921. The fourth-order valence-electron chi connectivity index (χ4n) is 3.71. The van der Waals surface area contributed by atoms with Crippen LogP contribution in [0.1, 0.15) is 28.8 Å². The number of halogens is 1. The van der Waals surface area contributed by atoms with Crippen LogP contribution in [0.3, 0.4) is 0 Å². The van der Waals surface area contributed by atoms with Crippen LogP contribution in [0, 0.1) is 26.7 Å². The number of piperidine rings is 1. The predicted octanol–water partition coefficient (Wildman–Crippen LogP) is 5.23. The molecule has 1 saturated heterocycles. The molecule has 1 aromatic carbocycles. The molecule has 3 aromatic rings. The SMILES string of the molecule is Cc1ccc(NC(=O)C2CCN(c3ncnc4sc(C)c(C)c34)CC2)c(Br)c1. The highest BCUT2D eigenvalue weighted by molar-refractivity contribution is 9.10. The summed E-state index contributed by atoms with van der Waals surface area (Å²) in [4.78, 5) is 26.4. The van der Waals surface area contributed by atoms with Gasteiger partial charge in [-0.2, -0.15) is 0 Å². The number of rotatable bonds is 3. The average Bonchev–Trinajstić information content (AvgIpc) is 2.98. The van der Waals surface area contributed by atoms with Crippen molar-refractivity contribution in [2.24, 2.45) is 5.92 Å². The number of benzene rings is 1. The second-order valence-corrected chi connectivity index (χ2v) is 9.45. The second-order valence-electron chi connectivity index (χ2n) is 7.39. The molecule has 2 aromatic heterocycles. The first-order valence-corrected chi connectivity index (χ1v) is 11.1. The van der Waals surface area contributed by atoms with Crippen molar-refractivity contribution in [2.45, 2.75) is 33.6 Å². The van der Waals surface area contributed by atoms with Crippen molar-refractivity contribution in [3.63, 3.8) is 0 Å². The van der Waals surface area contributed by atoms with Gasteiger partial charge in [-0.3, -0.25) is 4.79 Å². The zero-order valence-electron chi connectivity index (χ0n) is 16.3. The molecule has 0 saturated carbocycles. The summed E-state index contributed by atoms with van der Waals surface area (Å²) in [5.74, 6) is 1.12. The quantitative estimate of drug-likeness (QED) is 0.583. The van der Waals surface area contributed by atoms with Crippen molar-refractivity contribution in [3.05, 3.63) is 45.0 Å². The van der Waals surface area contributed by atoms with Crippen molar-refractivity contribution < 1.29 is 4.79 Å². The van der Waals surface area contributed by atoms with Gasteiger partial charge < -0.3 is 10.2 Å². The van der Waals surface area contributed by atoms with Crippen LogP contribution in [0.25, 0.3) is 10.2 Å². The molecule has 7 heteroatoms. The number of hydrogen-bond donors (Lipinski definition) is 1. The van der Waals surface area contributed by atoms with E-state index in [2.05, 4.69) is 50.0 Å². The molecule has 1 N–H and O–H groups in total. The van der Waals surface area contributed by atoms with Gasteiger partial charge in [0, 0.05) is 28.4 Å². The summed E-state index contributed by atoms with van der Waals surface area (Å²) in [6.07, 6.45) is 3.30. The predicted molar refractivity (Wildman–Crippen MR) is 119 cm³/mol. The highest BCUT2D eigenvalue weighted by Gasteiger charge is 2.27. The maximum Gasteiger partial charge on any atom is 0.227 e. The second kappa shape index (κ2) is 7.79. The van der Waals surface area contributed by atoms with E-state index in [0.29, 0.717) is 0 Å². The van der Waals surface area contributed by atoms with Crippen LogP contribution in [-0.4, -0.2) is 29.0 Å². The topological polar surface area (TPSA) is 58.1 Å². The fraction of sp³-hybridized carbons (Fsp3) is 0.381. The van der Waals surface area contributed by atoms with E-state index < -0.39 is 0 Å². The molecule has 1 amide bonds. The van der Waals surface area contributed by atoms with E-state index in [-0.39, 0.29) is 11.8 Å². The third-order valence-electron chi connectivity index (χ3n) is 5.49. The zero-order chi connectivity index (χ0) is 19.8. The van der Waals surface area contributed by atoms with Crippen LogP contribution < -0.4 is 10.2 Å². The summed E-state index contributed by atoms with van der Waals surface area (Å²) in [5.41, 5.74) is 3.26. The van der Waals surface area contributed by atoms with E-state index in [9.17, 15) is 4.79 Å². The molecule has 5 nitrogen and oxygen atoms in total. The maximum absolute atomic E-state index is 12.7. The largest absolute Gasteiger partial charge is 0.356 e. The lowest BCUT2D eigenvalue weighted by molar-refractivity contribution is -0.120. The summed E-state index contributed by atoms with van der Waals surface area (Å²) in [5, 5.41) is 4.24. The molecule has 0 unspecified atom stereocenters. The summed E-state index contributed by atoms with van der Waals surface area (Å²) >= 11 is 5.25. The zero-order valence-corrected chi connectivity index (χ0v) is 18.7. The minimum atomic E-state index is 0.0205. The molecule has 28 heavy (non-hydrogen) atoms. The monoisotopic (exact) mass is 458 g/mol. The van der Waals surface area contributed by atoms with Crippen LogP contribution in [-0.2, 0) is 4.79 Å². The summed E-state index contributed by atoms with van der Waals surface area (Å²) in [7, 11) is 0. The molecule has 0 bridgehead atoms. The van der Waals surface area contributed by atoms with Crippen LogP contribution in [0.4, 0.5) is 11.5 Å². The Morgan fingerprint density at radius 3 is 2.68 bits per heavy atom. The molecule has 1 aliphatic heterocycles. The number of hydrogen-bond acceptors (Lipinski definition) is 5. The molecule has 0 radical (unpaired) electrons. The van der Waals surface area contributed by atoms with Crippen LogP contribution in [0.2, 0.25) is 0 Å². The van der Waals surface area contributed by atoms with E-state index in [1.165, 1.54) is 10.4 Å². The highest BCUT2D eigenvalue weighted by Crippen LogP contribution is 2.35. The minimum absolute atomic E-state index is 0.0205. The van der Waals surface area contributed by atoms with Gasteiger partial charge in [0.15, 0.2) is 0 Å². The molecule has 1 fully saturated rings. The van der Waals surface area contributed by atoms with Crippen molar-refractivity contribution in [3.8, 4) is 0 Å². The maximum atomic E-state index is 12.7. The number of aromatic nitrogens is 2. The Bertz CT molecular complexity index is 1040. The molecule has 0 atom stereocenters. The van der Waals surface area contributed by atoms with Gasteiger partial charge in [-0.05, 0) is 72.8 Å². The third-order valence-corrected chi connectivity index (χ3v) is 7.26. The summed E-state index contributed by atoms with van der Waals surface area (Å²) in [6, 6.07) is 5.98. The van der Waals surface area contributed by atoms with Gasteiger partial charge in [-0.15, -0.1) is 11.3 Å². The van der Waals surface area contributed by atoms with Gasteiger partial charge in [0.05, 0.1) is 11.1 Å². The lowest BCUT2D eigenvalue weighted by Gasteiger charge is -2.32. The molecule has 0 aliphatic carbocycles. The Morgan fingerprint density at radius 1 is 1.21 bits per heavy atom. The molecular formula is C21H23BrN4OS. The van der Waals surface area contributed by atoms with E-state index >= 15 is 0 Å². The van der Waals surface area contributed by atoms with Crippen LogP contribution >= 0.6 is 27.3 Å². The molecule has 1 aliphatic rings. The number of aryl methyl sites for hydroxylation is 3. The number of carbonyl (C=O) groups is 1. The number of nitrogens with one attached hydrogen (secondary N) is 1. The van der Waals surface area contributed by atoms with Gasteiger partial charge in [-0.25, -0.2) is 9.97 Å². The van der Waals surface area contributed by atoms with Crippen molar-refractivity contribution >= 4 is 54.9 Å². The number of carbonyl (C=O) groups excluding carboxylic acids is 1. The number of thiophene rings is 1. The Morgan fingerprint density at radius 2 is 1.96 bits per heavy atom. The van der Waals surface area contributed by atoms with Gasteiger partial charge in [0.1, 0.15) is 17.0 Å². The first-order chi connectivity index (χ1) is 13.4. The fourth-order valence-corrected chi connectivity index (χ4v) is 5.30. The lowest BCUT2D eigenvalue weighted by Crippen LogP contribution is -2.38. The lowest BCUT2D eigenvalue weighted by atomic mass is 9.95. The van der Waals surface area contributed by atoms with Crippen molar-refractivity contribution in [1.29, 1.82) is 0 Å². The van der Waals surface area contributed by atoms with Crippen molar-refractivity contribution in [1.82, 2.24) is 9.97 Å². The van der Waals surface area contributed by atoms with Gasteiger partial charge in [0.25, 0.3) is 0 Å². The standard InChI is InChI=1S/C21H23BrN4OS/c1-12-4-5-17(16(22)10-12)25-20(27)15-6-8-26(9-7-15)19-18-13(2)14(3)28-21(18)24-11-23-19/h4-5,10-11,15H,6-9H2,1-3H3,(H,25,27). The Labute approximate surface area is 177 Å². The average molecular weight is 459 g/mol. The van der Waals surface area contributed by atoms with Gasteiger partial charge >= 0.3 is 0 Å². The molecule has 0 spiro atoms. The van der Waals surface area contributed by atoms with Crippen molar-refractivity contribution in [2.75, 3.05) is 23.3 Å². The number of anilines is 2. The van der Waals surface area contributed by atoms with Gasteiger partial charge in [-0.1, -0.05) is 6.07 Å².